The normalized spacial score (nSPS) is 23.9. The molecule has 2 fully saturated rings. The molecule has 6 rings (SSSR count). The second kappa shape index (κ2) is 9.80. The number of nitrogens with zero attached hydrogens (tertiary/aromatic N) is 6. The van der Waals surface area contributed by atoms with Gasteiger partial charge >= 0.3 is 0 Å². The number of halogens is 4. The van der Waals surface area contributed by atoms with E-state index in [1.165, 1.54) is 26.0 Å². The van der Waals surface area contributed by atoms with E-state index in [1.54, 1.807) is 10.6 Å². The number of hydrogen-bond acceptors (Lipinski definition) is 9. The summed E-state index contributed by atoms with van der Waals surface area (Å²) >= 11 is 0. The fraction of sp³-hybridized carbons (Fsp3) is 0.407. The van der Waals surface area contributed by atoms with Crippen molar-refractivity contribution in [3.05, 3.63) is 54.2 Å². The first-order chi connectivity index (χ1) is 19.5. The third-order valence-corrected chi connectivity index (χ3v) is 8.23. The van der Waals surface area contributed by atoms with Crippen LogP contribution in [0.1, 0.15) is 31.2 Å². The highest BCUT2D eigenvalue weighted by atomic mass is 19.3. The highest BCUT2D eigenvalue weighted by molar-refractivity contribution is 5.81. The van der Waals surface area contributed by atoms with Crippen LogP contribution >= 0.6 is 0 Å². The summed E-state index contributed by atoms with van der Waals surface area (Å²) in [6.07, 6.45) is 2.54. The first-order valence-corrected chi connectivity index (χ1v) is 13.1. The Labute approximate surface area is 232 Å². The molecule has 0 spiro atoms. The molecule has 1 aliphatic heterocycles. The number of benzene rings is 1. The van der Waals surface area contributed by atoms with Gasteiger partial charge in [-0.2, -0.15) is 0 Å². The maximum atomic E-state index is 15.0. The number of rotatable bonds is 5. The number of piperidine rings is 1. The summed E-state index contributed by atoms with van der Waals surface area (Å²) in [5, 5.41) is 10.6. The van der Waals surface area contributed by atoms with Crippen LogP contribution in [0.3, 0.4) is 0 Å². The van der Waals surface area contributed by atoms with Gasteiger partial charge in [-0.1, -0.05) is 0 Å². The zero-order chi connectivity index (χ0) is 29.1. The van der Waals surface area contributed by atoms with Crippen LogP contribution in [0.2, 0.25) is 0 Å². The van der Waals surface area contributed by atoms with E-state index >= 15 is 4.39 Å². The van der Waals surface area contributed by atoms with Crippen molar-refractivity contribution < 1.29 is 27.4 Å². The van der Waals surface area contributed by atoms with Crippen LogP contribution in [-0.2, 0) is 6.54 Å². The second-order valence-electron chi connectivity index (χ2n) is 10.6. The lowest BCUT2D eigenvalue weighted by molar-refractivity contribution is -0.172. The first-order valence-electron chi connectivity index (χ1n) is 13.1. The van der Waals surface area contributed by atoms with E-state index in [1.807, 2.05) is 4.90 Å². The van der Waals surface area contributed by atoms with Gasteiger partial charge in [0.1, 0.15) is 23.8 Å². The van der Waals surface area contributed by atoms with Gasteiger partial charge in [-0.3, -0.25) is 4.98 Å². The molecule has 0 amide bonds. The van der Waals surface area contributed by atoms with Gasteiger partial charge in [0.2, 0.25) is 0 Å². The van der Waals surface area contributed by atoms with Gasteiger partial charge in [-0.25, -0.2) is 32.5 Å². The smallest absolute Gasteiger partial charge is 0.275 e. The molecule has 1 aromatic carbocycles. The number of aliphatic hydroxyl groups is 1. The van der Waals surface area contributed by atoms with Crippen LogP contribution in [-0.4, -0.2) is 66.9 Å². The summed E-state index contributed by atoms with van der Waals surface area (Å²) in [6, 6.07) is 2.95. The van der Waals surface area contributed by atoms with Crippen molar-refractivity contribution in [2.45, 2.75) is 55.8 Å². The number of hydrogen-bond donors (Lipinski definition) is 3. The molecule has 0 bridgehead atoms. The van der Waals surface area contributed by atoms with Crippen molar-refractivity contribution in [1.29, 1.82) is 0 Å². The van der Waals surface area contributed by atoms with E-state index in [2.05, 4.69) is 19.9 Å². The number of alkyl halides is 2. The van der Waals surface area contributed by atoms with E-state index in [0.717, 1.165) is 12.1 Å². The van der Waals surface area contributed by atoms with Crippen LogP contribution < -0.4 is 21.1 Å². The topological polar surface area (TPSA) is 141 Å². The summed E-state index contributed by atoms with van der Waals surface area (Å²) in [6.45, 7) is 0.624. The minimum Gasteiger partial charge on any atom is -0.494 e. The van der Waals surface area contributed by atoms with Gasteiger partial charge in [-0.05, 0) is 37.0 Å². The van der Waals surface area contributed by atoms with E-state index in [4.69, 9.17) is 16.2 Å². The molecule has 0 radical (unpaired) electrons. The number of imidazole rings is 1. The molecule has 1 aliphatic carbocycles. The quantitative estimate of drug-likeness (QED) is 0.307. The van der Waals surface area contributed by atoms with Crippen LogP contribution in [0.4, 0.5) is 29.1 Å². The van der Waals surface area contributed by atoms with Crippen LogP contribution in [0, 0.1) is 11.6 Å². The minimum absolute atomic E-state index is 0.0534. The molecule has 1 unspecified atom stereocenters. The third-order valence-electron chi connectivity index (χ3n) is 8.23. The summed E-state index contributed by atoms with van der Waals surface area (Å²) in [4.78, 5) is 18.9. The van der Waals surface area contributed by atoms with Crippen LogP contribution in [0.15, 0.2) is 37.1 Å². The maximum Gasteiger partial charge on any atom is 0.275 e. The number of methoxy groups -OCH3 is 1. The fourth-order valence-corrected chi connectivity index (χ4v) is 6.16. The molecular weight excluding hydrogens is 544 g/mol. The second-order valence-corrected chi connectivity index (χ2v) is 10.6. The molecule has 216 valence electrons. The van der Waals surface area contributed by atoms with Crippen molar-refractivity contribution in [1.82, 2.24) is 24.5 Å². The van der Waals surface area contributed by atoms with Gasteiger partial charge in [0.25, 0.3) is 5.92 Å². The molecule has 2 aliphatic rings. The van der Waals surface area contributed by atoms with Gasteiger partial charge in [0.05, 0.1) is 43.1 Å². The van der Waals surface area contributed by atoms with E-state index < -0.39 is 41.7 Å². The average molecular weight is 573 g/mol. The Hall–Kier alpha value is -4.04. The molecule has 14 heteroatoms. The monoisotopic (exact) mass is 572 g/mol. The van der Waals surface area contributed by atoms with Crippen LogP contribution in [0.25, 0.3) is 22.4 Å². The largest absolute Gasteiger partial charge is 0.494 e. The standard InChI is InChI=1S/C27H28F4N8O2/c1-41-20-9-16(28)15(8-17(20)29)18-7-14(11-38-13-37-22-23(32)35-12-36-24(22)38)19(10-34-18)39-6-2-4-26(33)21(39)3-5-27(30,31)25(26)40/h7-10,12-13,21,25,40H,2-6,11,33H2,1H3,(H2,32,35,36)/t21?,25-,26+/m0/s1. The predicted octanol–water partition coefficient (Wildman–Crippen LogP) is 3.26. The van der Waals surface area contributed by atoms with Gasteiger partial charge in [0.15, 0.2) is 23.0 Å². The molecule has 41 heavy (non-hydrogen) atoms. The molecule has 1 saturated heterocycles. The number of aliphatic hydroxyl groups excluding tert-OH is 1. The third kappa shape index (κ3) is 4.41. The Morgan fingerprint density at radius 2 is 1.90 bits per heavy atom. The number of nitrogens with two attached hydrogens (primary N) is 2. The highest BCUT2D eigenvalue weighted by Gasteiger charge is 2.60. The Balaban J connectivity index is 1.48. The van der Waals surface area contributed by atoms with Crippen LogP contribution in [0.5, 0.6) is 5.75 Å². The molecule has 4 heterocycles. The summed E-state index contributed by atoms with van der Waals surface area (Å²) in [5.74, 6) is -4.85. The number of fused-ring (bicyclic) bond motifs is 2. The Morgan fingerprint density at radius 1 is 1.10 bits per heavy atom. The Morgan fingerprint density at radius 3 is 2.68 bits per heavy atom. The summed E-state index contributed by atoms with van der Waals surface area (Å²) in [7, 11) is 1.24. The minimum atomic E-state index is -3.30. The summed E-state index contributed by atoms with van der Waals surface area (Å²) in [5.41, 5.74) is 13.0. The molecule has 3 aromatic heterocycles. The first kappa shape index (κ1) is 27.1. The molecule has 3 atom stereocenters. The highest BCUT2D eigenvalue weighted by Crippen LogP contribution is 2.46. The number of pyridine rings is 1. The predicted molar refractivity (Wildman–Crippen MR) is 142 cm³/mol. The van der Waals surface area contributed by atoms with Gasteiger partial charge < -0.3 is 30.8 Å². The van der Waals surface area contributed by atoms with E-state index in [9.17, 15) is 18.3 Å². The van der Waals surface area contributed by atoms with Crippen molar-refractivity contribution in [3.8, 4) is 17.0 Å². The maximum absolute atomic E-state index is 15.0. The number of nitrogen functional groups attached to an aromatic ring is 1. The Bertz CT molecular complexity index is 1630. The number of aromatic nitrogens is 5. The lowest BCUT2D eigenvalue weighted by Crippen LogP contribution is -2.74. The lowest BCUT2D eigenvalue weighted by atomic mass is 9.68. The van der Waals surface area contributed by atoms with E-state index in [0.29, 0.717) is 35.4 Å². The molecule has 4 aromatic rings. The molecule has 1 saturated carbocycles. The lowest BCUT2D eigenvalue weighted by Gasteiger charge is -2.55. The van der Waals surface area contributed by atoms with Crippen molar-refractivity contribution >= 4 is 22.7 Å². The van der Waals surface area contributed by atoms with Gasteiger partial charge in [-0.15, -0.1) is 0 Å². The zero-order valence-electron chi connectivity index (χ0n) is 22.1. The number of ether oxygens (including phenoxy) is 1. The van der Waals surface area contributed by atoms with Crippen molar-refractivity contribution in [2.24, 2.45) is 5.73 Å². The molecule has 5 N–H and O–H groups in total. The van der Waals surface area contributed by atoms with Gasteiger partial charge in [0, 0.05) is 30.6 Å². The zero-order valence-corrected chi connectivity index (χ0v) is 22.1. The summed E-state index contributed by atoms with van der Waals surface area (Å²) < 4.78 is 65.3. The molecule has 10 nitrogen and oxygen atoms in total. The fourth-order valence-electron chi connectivity index (χ4n) is 6.16. The van der Waals surface area contributed by atoms with Crippen molar-refractivity contribution in [3.63, 3.8) is 0 Å². The van der Waals surface area contributed by atoms with E-state index in [-0.39, 0.29) is 42.2 Å². The van der Waals surface area contributed by atoms with Crippen molar-refractivity contribution in [2.75, 3.05) is 24.3 Å². The SMILES string of the molecule is COc1cc(F)c(-c2cc(Cn3cnc4c(N)ncnc43)c(N3CCC[C@@]4(N)C3CCC(F)(F)[C@H]4O)cn2)cc1F. The molecular formula is C27H28F4N8O2. The Kier molecular flexibility index (Phi) is 6.49. The number of anilines is 2. The average Bonchev–Trinajstić information content (AvgIpc) is 3.36.